The number of nitrogens with one attached hydrogen (secondary N) is 1. The number of urea groups is 1. The van der Waals surface area contributed by atoms with Crippen LogP contribution < -0.4 is 5.32 Å². The first-order chi connectivity index (χ1) is 8.93. The van der Waals surface area contributed by atoms with Gasteiger partial charge in [-0.05, 0) is 6.92 Å². The number of carbonyl (C=O) groups excluding carboxylic acids is 1. The first-order valence-corrected chi connectivity index (χ1v) is 5.83. The van der Waals surface area contributed by atoms with Crippen LogP contribution in [0.25, 0.3) is 0 Å². The summed E-state index contributed by atoms with van der Waals surface area (Å²) in [5.41, 5.74) is 0.228. The number of amides is 2. The molecule has 0 saturated carbocycles. The second-order valence-electron chi connectivity index (χ2n) is 4.10. The molecule has 104 valence electrons. The zero-order valence-corrected chi connectivity index (χ0v) is 10.8. The van der Waals surface area contributed by atoms with E-state index in [-0.39, 0.29) is 12.2 Å². The number of hydrogen-bond acceptors (Lipinski definition) is 3. The molecule has 0 radical (unpaired) electrons. The van der Waals surface area contributed by atoms with Crippen molar-refractivity contribution < 1.29 is 19.1 Å². The second kappa shape index (κ2) is 6.67. The molecule has 0 aliphatic rings. The number of anilines is 1. The molecule has 1 unspecified atom stereocenters. The van der Waals surface area contributed by atoms with Gasteiger partial charge in [0.05, 0.1) is 24.0 Å². The van der Waals surface area contributed by atoms with Gasteiger partial charge in [0.1, 0.15) is 5.82 Å². The molecular weight excluding hydrogens is 253 g/mol. The number of halogens is 1. The fourth-order valence-electron chi connectivity index (χ4n) is 1.45. The van der Waals surface area contributed by atoms with E-state index in [1.165, 1.54) is 18.0 Å². The van der Waals surface area contributed by atoms with Crippen molar-refractivity contribution in [3.05, 3.63) is 24.3 Å². The highest BCUT2D eigenvalue weighted by atomic mass is 19.1. The van der Waals surface area contributed by atoms with Crippen LogP contribution in [0.2, 0.25) is 0 Å². The Kier molecular flexibility index (Phi) is 5.23. The van der Waals surface area contributed by atoms with E-state index in [2.05, 4.69) is 10.3 Å². The minimum absolute atomic E-state index is 0.0837. The molecular formula is C12H16FN3O3. The van der Waals surface area contributed by atoms with Crippen molar-refractivity contribution in [2.75, 3.05) is 18.4 Å². The van der Waals surface area contributed by atoms with E-state index < -0.39 is 23.7 Å². The average Bonchev–Trinajstić information content (AvgIpc) is 2.35. The summed E-state index contributed by atoms with van der Waals surface area (Å²) in [6, 6.07) is 0.655. The monoisotopic (exact) mass is 269 g/mol. The van der Waals surface area contributed by atoms with Gasteiger partial charge in [0.25, 0.3) is 0 Å². The molecule has 6 nitrogen and oxygen atoms in total. The molecule has 0 saturated heterocycles. The van der Waals surface area contributed by atoms with Gasteiger partial charge >= 0.3 is 12.0 Å². The second-order valence-corrected chi connectivity index (χ2v) is 4.10. The molecule has 0 aromatic carbocycles. The Morgan fingerprint density at radius 3 is 2.74 bits per heavy atom. The van der Waals surface area contributed by atoms with Crippen LogP contribution in [0.3, 0.4) is 0 Å². The summed E-state index contributed by atoms with van der Waals surface area (Å²) in [5, 5.41) is 11.3. The Balaban J connectivity index is 2.66. The smallest absolute Gasteiger partial charge is 0.321 e. The van der Waals surface area contributed by atoms with Crippen LogP contribution in [0.5, 0.6) is 0 Å². The molecule has 7 heteroatoms. The SMILES string of the molecule is CCN(CC(C)C(=O)O)C(=O)Nc1cncc(F)c1. The number of aliphatic carboxylic acids is 1. The van der Waals surface area contributed by atoms with Crippen LogP contribution in [0.15, 0.2) is 18.5 Å². The van der Waals surface area contributed by atoms with Crippen molar-refractivity contribution in [2.24, 2.45) is 5.92 Å². The molecule has 1 aromatic rings. The molecule has 1 heterocycles. The van der Waals surface area contributed by atoms with Crippen molar-refractivity contribution in [1.29, 1.82) is 0 Å². The summed E-state index contributed by atoms with van der Waals surface area (Å²) in [7, 11) is 0. The lowest BCUT2D eigenvalue weighted by molar-refractivity contribution is -0.141. The first kappa shape index (κ1) is 14.9. The van der Waals surface area contributed by atoms with E-state index >= 15 is 0 Å². The molecule has 1 aromatic heterocycles. The number of hydrogen-bond donors (Lipinski definition) is 2. The zero-order valence-electron chi connectivity index (χ0n) is 10.8. The van der Waals surface area contributed by atoms with E-state index in [1.54, 1.807) is 6.92 Å². The molecule has 2 amide bonds. The van der Waals surface area contributed by atoms with Gasteiger partial charge in [-0.3, -0.25) is 9.78 Å². The van der Waals surface area contributed by atoms with Crippen molar-refractivity contribution in [3.63, 3.8) is 0 Å². The van der Waals surface area contributed by atoms with Crippen molar-refractivity contribution >= 4 is 17.7 Å². The first-order valence-electron chi connectivity index (χ1n) is 5.83. The quantitative estimate of drug-likeness (QED) is 0.853. The lowest BCUT2D eigenvalue weighted by Gasteiger charge is -2.23. The van der Waals surface area contributed by atoms with Gasteiger partial charge in [-0.15, -0.1) is 0 Å². The predicted molar refractivity (Wildman–Crippen MR) is 67.3 cm³/mol. The number of carboxylic acids is 1. The van der Waals surface area contributed by atoms with E-state index in [4.69, 9.17) is 5.11 Å². The fraction of sp³-hybridized carbons (Fsp3) is 0.417. The molecule has 2 N–H and O–H groups in total. The highest BCUT2D eigenvalue weighted by molar-refractivity contribution is 5.89. The third-order valence-corrected chi connectivity index (χ3v) is 2.54. The third kappa shape index (κ3) is 4.53. The predicted octanol–water partition coefficient (Wildman–Crippen LogP) is 1.80. The third-order valence-electron chi connectivity index (χ3n) is 2.54. The number of aromatic nitrogens is 1. The standard InChI is InChI=1S/C12H16FN3O3/c1-3-16(7-8(2)11(17)18)12(19)15-10-4-9(13)5-14-6-10/h4-6,8H,3,7H2,1-2H3,(H,15,19)(H,17,18). The van der Waals surface area contributed by atoms with E-state index in [0.717, 1.165) is 12.3 Å². The lowest BCUT2D eigenvalue weighted by Crippen LogP contribution is -2.39. The van der Waals surface area contributed by atoms with Crippen LogP contribution in [0.1, 0.15) is 13.8 Å². The molecule has 1 rings (SSSR count). The highest BCUT2D eigenvalue weighted by Crippen LogP contribution is 2.09. The zero-order chi connectivity index (χ0) is 14.4. The van der Waals surface area contributed by atoms with Gasteiger partial charge < -0.3 is 15.3 Å². The summed E-state index contributed by atoms with van der Waals surface area (Å²) in [5.74, 6) is -2.20. The average molecular weight is 269 g/mol. The van der Waals surface area contributed by atoms with Crippen LogP contribution in [-0.2, 0) is 4.79 Å². The van der Waals surface area contributed by atoms with Gasteiger partial charge in [-0.2, -0.15) is 0 Å². The summed E-state index contributed by atoms with van der Waals surface area (Å²) in [4.78, 5) is 27.6. The minimum atomic E-state index is -0.973. The molecule has 0 aliphatic heterocycles. The van der Waals surface area contributed by atoms with Gasteiger partial charge in [0.15, 0.2) is 0 Å². The summed E-state index contributed by atoms with van der Waals surface area (Å²) in [6.07, 6.45) is 2.34. The van der Waals surface area contributed by atoms with Crippen LogP contribution in [0, 0.1) is 11.7 Å². The number of carboxylic acid groups (broad SMARTS) is 1. The van der Waals surface area contributed by atoms with Crippen LogP contribution in [-0.4, -0.2) is 40.1 Å². The molecule has 1 atom stereocenters. The molecule has 0 bridgehead atoms. The highest BCUT2D eigenvalue weighted by Gasteiger charge is 2.19. The Hall–Kier alpha value is -2.18. The Morgan fingerprint density at radius 2 is 2.21 bits per heavy atom. The van der Waals surface area contributed by atoms with Gasteiger partial charge in [0, 0.05) is 19.2 Å². The Labute approximate surface area is 110 Å². The maximum absolute atomic E-state index is 12.9. The number of rotatable bonds is 5. The van der Waals surface area contributed by atoms with Gasteiger partial charge in [0.2, 0.25) is 0 Å². The van der Waals surface area contributed by atoms with Crippen LogP contribution in [0.4, 0.5) is 14.9 Å². The van der Waals surface area contributed by atoms with E-state index in [1.807, 2.05) is 0 Å². The molecule has 0 aliphatic carbocycles. The summed E-state index contributed by atoms with van der Waals surface area (Å²) < 4.78 is 12.9. The summed E-state index contributed by atoms with van der Waals surface area (Å²) in [6.45, 7) is 3.69. The van der Waals surface area contributed by atoms with E-state index in [9.17, 15) is 14.0 Å². The largest absolute Gasteiger partial charge is 0.481 e. The van der Waals surface area contributed by atoms with Crippen molar-refractivity contribution in [2.45, 2.75) is 13.8 Å². The van der Waals surface area contributed by atoms with Crippen LogP contribution >= 0.6 is 0 Å². The number of carbonyl (C=O) groups is 2. The van der Waals surface area contributed by atoms with Gasteiger partial charge in [-0.1, -0.05) is 6.92 Å². The fourth-order valence-corrected chi connectivity index (χ4v) is 1.45. The Morgan fingerprint density at radius 1 is 1.53 bits per heavy atom. The maximum Gasteiger partial charge on any atom is 0.321 e. The lowest BCUT2D eigenvalue weighted by atomic mass is 10.2. The normalized spacial score (nSPS) is 11.7. The maximum atomic E-state index is 12.9. The molecule has 19 heavy (non-hydrogen) atoms. The number of pyridine rings is 1. The van der Waals surface area contributed by atoms with E-state index in [0.29, 0.717) is 6.54 Å². The van der Waals surface area contributed by atoms with Gasteiger partial charge in [-0.25, -0.2) is 9.18 Å². The Bertz CT molecular complexity index is 467. The summed E-state index contributed by atoms with van der Waals surface area (Å²) >= 11 is 0. The molecule has 0 spiro atoms. The topological polar surface area (TPSA) is 82.5 Å². The van der Waals surface area contributed by atoms with Crippen molar-refractivity contribution in [3.8, 4) is 0 Å². The van der Waals surface area contributed by atoms with Crippen molar-refractivity contribution in [1.82, 2.24) is 9.88 Å². The minimum Gasteiger partial charge on any atom is -0.481 e. The molecule has 0 fully saturated rings. The number of nitrogens with zero attached hydrogens (tertiary/aromatic N) is 2.